The Morgan fingerprint density at radius 1 is 1.31 bits per heavy atom. The summed E-state index contributed by atoms with van der Waals surface area (Å²) in [5.41, 5.74) is 1.38. The molecule has 16 heavy (non-hydrogen) atoms. The molecule has 1 N–H and O–H groups in total. The molecule has 2 rings (SSSR count). The van der Waals surface area contributed by atoms with Crippen molar-refractivity contribution >= 4 is 22.6 Å². The summed E-state index contributed by atoms with van der Waals surface area (Å²) >= 11 is 2.40. The topological polar surface area (TPSA) is 15.3 Å². The standard InChI is InChI=1S/C13H17IN2/c1-2-13(16-9-7-15-8-10-16)11-5-3-4-6-12(11)14/h2-6,13,15H,1,7-10H2/t13-/m1/s1. The van der Waals surface area contributed by atoms with E-state index in [4.69, 9.17) is 0 Å². The summed E-state index contributed by atoms with van der Waals surface area (Å²) in [6.07, 6.45) is 2.06. The molecule has 0 bridgehead atoms. The first-order valence-corrected chi connectivity index (χ1v) is 6.72. The molecule has 1 aliphatic heterocycles. The van der Waals surface area contributed by atoms with Crippen LogP contribution in [0.3, 0.4) is 0 Å². The highest BCUT2D eigenvalue weighted by molar-refractivity contribution is 14.1. The number of piperazine rings is 1. The summed E-state index contributed by atoms with van der Waals surface area (Å²) in [5, 5.41) is 3.38. The first kappa shape index (κ1) is 12.1. The van der Waals surface area contributed by atoms with Crippen molar-refractivity contribution in [3.8, 4) is 0 Å². The first-order valence-electron chi connectivity index (χ1n) is 5.64. The average Bonchev–Trinajstić information content (AvgIpc) is 2.34. The Hall–Kier alpha value is -0.390. The molecule has 0 aliphatic carbocycles. The molecule has 3 heteroatoms. The highest BCUT2D eigenvalue weighted by atomic mass is 127. The lowest BCUT2D eigenvalue weighted by Crippen LogP contribution is -2.44. The second-order valence-electron chi connectivity index (χ2n) is 3.99. The van der Waals surface area contributed by atoms with Gasteiger partial charge < -0.3 is 5.32 Å². The fourth-order valence-electron chi connectivity index (χ4n) is 2.15. The van der Waals surface area contributed by atoms with E-state index in [1.165, 1.54) is 9.13 Å². The zero-order chi connectivity index (χ0) is 11.4. The minimum Gasteiger partial charge on any atom is -0.314 e. The Labute approximate surface area is 111 Å². The van der Waals surface area contributed by atoms with E-state index in [0.717, 1.165) is 26.2 Å². The van der Waals surface area contributed by atoms with Crippen molar-refractivity contribution in [3.05, 3.63) is 46.1 Å². The Kier molecular flexibility index (Phi) is 4.37. The van der Waals surface area contributed by atoms with Crippen LogP contribution >= 0.6 is 22.6 Å². The van der Waals surface area contributed by atoms with E-state index in [1.54, 1.807) is 0 Å². The number of benzene rings is 1. The summed E-state index contributed by atoms with van der Waals surface area (Å²) in [6.45, 7) is 8.34. The summed E-state index contributed by atoms with van der Waals surface area (Å²) in [5.74, 6) is 0. The largest absolute Gasteiger partial charge is 0.314 e. The Morgan fingerprint density at radius 2 is 2.00 bits per heavy atom. The quantitative estimate of drug-likeness (QED) is 0.677. The smallest absolute Gasteiger partial charge is 0.0540 e. The summed E-state index contributed by atoms with van der Waals surface area (Å²) in [4.78, 5) is 2.49. The van der Waals surface area contributed by atoms with Gasteiger partial charge >= 0.3 is 0 Å². The summed E-state index contributed by atoms with van der Waals surface area (Å²) in [7, 11) is 0. The van der Waals surface area contributed by atoms with Crippen LogP contribution in [0.1, 0.15) is 11.6 Å². The molecule has 0 radical (unpaired) electrons. The van der Waals surface area contributed by atoms with E-state index in [9.17, 15) is 0 Å². The molecule has 0 amide bonds. The lowest BCUT2D eigenvalue weighted by atomic mass is 10.0. The predicted octanol–water partition coefficient (Wildman–Crippen LogP) is 2.42. The fraction of sp³-hybridized carbons (Fsp3) is 0.385. The van der Waals surface area contributed by atoms with Gasteiger partial charge in [0.2, 0.25) is 0 Å². The van der Waals surface area contributed by atoms with Gasteiger partial charge in [0, 0.05) is 29.7 Å². The molecule has 0 saturated carbocycles. The van der Waals surface area contributed by atoms with Gasteiger partial charge in [-0.15, -0.1) is 6.58 Å². The third-order valence-corrected chi connectivity index (χ3v) is 3.97. The van der Waals surface area contributed by atoms with Crippen LogP contribution in [0.2, 0.25) is 0 Å². The van der Waals surface area contributed by atoms with Crippen molar-refractivity contribution < 1.29 is 0 Å². The van der Waals surface area contributed by atoms with Crippen molar-refractivity contribution in [3.63, 3.8) is 0 Å². The molecule has 1 heterocycles. The van der Waals surface area contributed by atoms with Crippen molar-refractivity contribution in [1.29, 1.82) is 0 Å². The van der Waals surface area contributed by atoms with E-state index >= 15 is 0 Å². The zero-order valence-electron chi connectivity index (χ0n) is 9.32. The summed E-state index contributed by atoms with van der Waals surface area (Å²) in [6, 6.07) is 8.92. The van der Waals surface area contributed by atoms with Gasteiger partial charge in [-0.3, -0.25) is 4.90 Å². The normalized spacial score (nSPS) is 19.3. The Balaban J connectivity index is 2.21. The molecular formula is C13H17IN2. The van der Waals surface area contributed by atoms with Crippen LogP contribution in [0, 0.1) is 3.57 Å². The highest BCUT2D eigenvalue weighted by Gasteiger charge is 2.20. The van der Waals surface area contributed by atoms with Crippen molar-refractivity contribution in [2.75, 3.05) is 26.2 Å². The Morgan fingerprint density at radius 3 is 2.62 bits per heavy atom. The van der Waals surface area contributed by atoms with Gasteiger partial charge in [-0.05, 0) is 34.2 Å². The molecule has 2 nitrogen and oxygen atoms in total. The van der Waals surface area contributed by atoms with Gasteiger partial charge in [0.15, 0.2) is 0 Å². The van der Waals surface area contributed by atoms with Crippen LogP contribution in [-0.4, -0.2) is 31.1 Å². The van der Waals surface area contributed by atoms with Gasteiger partial charge in [0.25, 0.3) is 0 Å². The summed E-state index contributed by atoms with van der Waals surface area (Å²) < 4.78 is 1.32. The van der Waals surface area contributed by atoms with Gasteiger partial charge in [0.05, 0.1) is 6.04 Å². The fourth-order valence-corrected chi connectivity index (χ4v) is 2.85. The minimum atomic E-state index is 0.357. The molecular weight excluding hydrogens is 311 g/mol. The molecule has 1 aromatic carbocycles. The third kappa shape index (κ3) is 2.64. The minimum absolute atomic E-state index is 0.357. The second-order valence-corrected chi connectivity index (χ2v) is 5.15. The number of nitrogens with zero attached hydrogens (tertiary/aromatic N) is 1. The highest BCUT2D eigenvalue weighted by Crippen LogP contribution is 2.26. The van der Waals surface area contributed by atoms with Crippen LogP contribution in [0.15, 0.2) is 36.9 Å². The molecule has 86 valence electrons. The SMILES string of the molecule is C=C[C@H](c1ccccc1I)N1CCNCC1. The zero-order valence-corrected chi connectivity index (χ0v) is 11.5. The van der Waals surface area contributed by atoms with Gasteiger partial charge in [0.1, 0.15) is 0 Å². The van der Waals surface area contributed by atoms with Crippen LogP contribution in [-0.2, 0) is 0 Å². The van der Waals surface area contributed by atoms with Gasteiger partial charge in [-0.1, -0.05) is 24.3 Å². The number of hydrogen-bond acceptors (Lipinski definition) is 2. The molecule has 1 aromatic rings. The number of hydrogen-bond donors (Lipinski definition) is 1. The van der Waals surface area contributed by atoms with Crippen molar-refractivity contribution in [2.45, 2.75) is 6.04 Å². The van der Waals surface area contributed by atoms with E-state index in [1.807, 2.05) is 0 Å². The third-order valence-electron chi connectivity index (χ3n) is 2.99. The predicted molar refractivity (Wildman–Crippen MR) is 76.5 cm³/mol. The maximum absolute atomic E-state index is 3.99. The first-order chi connectivity index (χ1) is 7.83. The Bertz CT molecular complexity index is 359. The number of halogens is 1. The lowest BCUT2D eigenvalue weighted by molar-refractivity contribution is 0.203. The van der Waals surface area contributed by atoms with Crippen molar-refractivity contribution in [2.24, 2.45) is 0 Å². The van der Waals surface area contributed by atoms with E-state index < -0.39 is 0 Å². The molecule has 1 fully saturated rings. The average molecular weight is 328 g/mol. The van der Waals surface area contributed by atoms with Crippen molar-refractivity contribution in [1.82, 2.24) is 10.2 Å². The molecule has 0 unspecified atom stereocenters. The number of rotatable bonds is 3. The molecule has 0 spiro atoms. The maximum Gasteiger partial charge on any atom is 0.0540 e. The molecule has 0 aromatic heterocycles. The monoisotopic (exact) mass is 328 g/mol. The van der Waals surface area contributed by atoms with Crippen LogP contribution < -0.4 is 5.32 Å². The molecule has 1 saturated heterocycles. The van der Waals surface area contributed by atoms with Crippen LogP contribution in [0.5, 0.6) is 0 Å². The van der Waals surface area contributed by atoms with Crippen LogP contribution in [0.25, 0.3) is 0 Å². The lowest BCUT2D eigenvalue weighted by Gasteiger charge is -2.33. The van der Waals surface area contributed by atoms with Gasteiger partial charge in [-0.25, -0.2) is 0 Å². The number of nitrogens with one attached hydrogen (secondary N) is 1. The molecule has 1 atom stereocenters. The van der Waals surface area contributed by atoms with Crippen LogP contribution in [0.4, 0.5) is 0 Å². The molecule has 1 aliphatic rings. The van der Waals surface area contributed by atoms with Gasteiger partial charge in [-0.2, -0.15) is 0 Å². The second kappa shape index (κ2) is 5.80. The maximum atomic E-state index is 3.99. The van der Waals surface area contributed by atoms with E-state index in [-0.39, 0.29) is 0 Å². The van der Waals surface area contributed by atoms with E-state index in [0.29, 0.717) is 6.04 Å². The van der Waals surface area contributed by atoms with E-state index in [2.05, 4.69) is 69.7 Å².